The third-order valence-electron chi connectivity index (χ3n) is 1.42. The van der Waals surface area contributed by atoms with Crippen molar-refractivity contribution in [2.75, 3.05) is 0 Å². The van der Waals surface area contributed by atoms with Crippen LogP contribution in [0.1, 0.15) is 5.69 Å². The SMILES string of the molecule is C=Cc1ccc2nc[c-]n2n1.[Am].[Y]. The van der Waals surface area contributed by atoms with Crippen LogP contribution < -0.4 is 0 Å². The minimum atomic E-state index is 0. The Hall–Kier alpha value is -0.146. The molecule has 0 bridgehead atoms. The first kappa shape index (κ1) is 12.9. The van der Waals surface area contributed by atoms with Gasteiger partial charge in [-0.25, -0.2) is 5.10 Å². The maximum absolute atomic E-state index is 4.13. The number of fused-ring (bicyclic) bond motifs is 1. The number of imidazole rings is 1. The monoisotopic (exact) mass is 474 g/mol. The van der Waals surface area contributed by atoms with Gasteiger partial charge in [-0.2, -0.15) is 0 Å². The molecule has 0 aliphatic heterocycles. The van der Waals surface area contributed by atoms with Crippen LogP contribution in [0.2, 0.25) is 0 Å². The Morgan fingerprint density at radius 2 is 2.23 bits per heavy atom. The van der Waals surface area contributed by atoms with E-state index < -0.39 is 0 Å². The summed E-state index contributed by atoms with van der Waals surface area (Å²) in [4.78, 5) is 4.00. The summed E-state index contributed by atoms with van der Waals surface area (Å²) < 4.78 is 1.59. The molecular formula is C8H6AmN3Y-. The summed E-state index contributed by atoms with van der Waals surface area (Å²) in [6, 6.07) is 3.74. The number of hydrogen-bond donors (Lipinski definition) is 0. The Morgan fingerprint density at radius 1 is 1.46 bits per heavy atom. The number of nitrogens with zero attached hydrogens (tertiary/aromatic N) is 3. The summed E-state index contributed by atoms with van der Waals surface area (Å²) >= 11 is 0. The van der Waals surface area contributed by atoms with Gasteiger partial charge in [-0.15, -0.1) is 6.20 Å². The van der Waals surface area contributed by atoms with Gasteiger partial charge >= 0.3 is 0 Å². The van der Waals surface area contributed by atoms with Crippen LogP contribution in [0.25, 0.3) is 11.7 Å². The minimum absolute atomic E-state index is 0. The predicted molar refractivity (Wildman–Crippen MR) is 41.9 cm³/mol. The Labute approximate surface area is 109 Å². The van der Waals surface area contributed by atoms with Crippen molar-refractivity contribution in [2.45, 2.75) is 0 Å². The zero-order chi connectivity index (χ0) is 7.68. The van der Waals surface area contributed by atoms with Crippen LogP contribution in [0, 0.1) is 20.5 Å². The molecule has 0 saturated carbocycles. The molecule has 0 aromatic carbocycles. The van der Waals surface area contributed by atoms with Crippen LogP contribution in [0.15, 0.2) is 24.9 Å². The Bertz CT molecular complexity index is 399. The molecule has 2 aromatic heterocycles. The van der Waals surface area contributed by atoms with Gasteiger partial charge in [-0.3, -0.25) is 0 Å². The molecule has 0 saturated heterocycles. The average molecular weight is 476 g/mol. The normalized spacial score (nSPS) is 8.62. The summed E-state index contributed by atoms with van der Waals surface area (Å²) in [5.41, 5.74) is 1.63. The molecule has 5 heteroatoms. The second-order valence-electron chi connectivity index (χ2n) is 2.12. The van der Waals surface area contributed by atoms with Gasteiger partial charge in [0.1, 0.15) is 0 Å². The molecule has 0 N–H and O–H groups in total. The largest absolute Gasteiger partial charge is 0.386 e. The zero-order valence-corrected chi connectivity index (χ0v) is 12.8. The second kappa shape index (κ2) is 5.56. The molecule has 13 heavy (non-hydrogen) atoms. The molecule has 0 unspecified atom stereocenters. The first-order chi connectivity index (χ1) is 5.40. The van der Waals surface area contributed by atoms with Gasteiger partial charge in [-0.1, -0.05) is 18.8 Å². The van der Waals surface area contributed by atoms with Crippen molar-refractivity contribution in [3.63, 3.8) is 0 Å². The topological polar surface area (TPSA) is 30.2 Å². The van der Waals surface area contributed by atoms with Gasteiger partial charge in [0.25, 0.3) is 0 Å². The van der Waals surface area contributed by atoms with E-state index in [0.29, 0.717) is 0 Å². The Kier molecular flexibility index (Phi) is 5.49. The molecule has 0 fully saturated rings. The molecule has 2 heterocycles. The molecule has 0 aliphatic rings. The third-order valence-corrected chi connectivity index (χ3v) is 1.42. The van der Waals surface area contributed by atoms with Crippen molar-refractivity contribution in [3.8, 4) is 0 Å². The van der Waals surface area contributed by atoms with Crippen LogP contribution in [0.3, 0.4) is 0 Å². The fourth-order valence-corrected chi connectivity index (χ4v) is 0.882. The molecule has 2 aromatic rings. The van der Waals surface area contributed by atoms with Gasteiger partial charge in [0.05, 0.1) is 5.69 Å². The van der Waals surface area contributed by atoms with Gasteiger partial charge in [0.15, 0.2) is 0 Å². The van der Waals surface area contributed by atoms with Gasteiger partial charge < -0.3 is 9.50 Å². The molecule has 64 valence electrons. The number of hydrogen-bond acceptors (Lipinski definition) is 2. The number of rotatable bonds is 1. The average Bonchev–Trinajstić information content (AvgIpc) is 2.50. The van der Waals surface area contributed by atoms with Crippen LogP contribution in [-0.2, 0) is 32.7 Å². The van der Waals surface area contributed by atoms with Crippen LogP contribution in [-0.4, -0.2) is 14.6 Å². The van der Waals surface area contributed by atoms with E-state index in [2.05, 4.69) is 22.9 Å². The second-order valence-corrected chi connectivity index (χ2v) is 2.12. The molecule has 2 rings (SSSR count). The quantitative estimate of drug-likeness (QED) is 0.580. The van der Waals surface area contributed by atoms with Crippen molar-refractivity contribution in [1.29, 1.82) is 0 Å². The van der Waals surface area contributed by atoms with E-state index in [1.165, 1.54) is 0 Å². The van der Waals surface area contributed by atoms with Gasteiger partial charge in [-0.05, 0) is 17.8 Å². The van der Waals surface area contributed by atoms with Crippen LogP contribution >= 0.6 is 0 Å². The van der Waals surface area contributed by atoms with Crippen molar-refractivity contribution in [1.82, 2.24) is 14.6 Å². The van der Waals surface area contributed by atoms with E-state index in [4.69, 9.17) is 0 Å². The molecule has 2 radical (unpaired) electrons. The van der Waals surface area contributed by atoms with Crippen molar-refractivity contribution >= 4 is 11.7 Å². The van der Waals surface area contributed by atoms with Crippen molar-refractivity contribution in [3.05, 3.63) is 36.8 Å². The van der Waals surface area contributed by atoms with Crippen LogP contribution in [0.4, 0.5) is 0 Å². The molecule has 0 aliphatic carbocycles. The predicted octanol–water partition coefficient (Wildman–Crippen LogP) is 1.17. The fourth-order valence-electron chi connectivity index (χ4n) is 0.882. The van der Waals surface area contributed by atoms with E-state index in [-0.39, 0.29) is 47.0 Å². The molecular weight excluding hydrogens is 470 g/mol. The van der Waals surface area contributed by atoms with Gasteiger partial charge in [0.2, 0.25) is 0 Å². The molecule has 3 nitrogen and oxygen atoms in total. The maximum atomic E-state index is 4.13. The Balaban J connectivity index is 0.000000720. The van der Waals surface area contributed by atoms with E-state index in [1.54, 1.807) is 16.8 Å². The van der Waals surface area contributed by atoms with Gasteiger partial charge in [0, 0.05) is 47.0 Å². The first-order valence-corrected chi connectivity index (χ1v) is 3.25. The van der Waals surface area contributed by atoms with E-state index >= 15 is 0 Å². The Morgan fingerprint density at radius 3 is 2.92 bits per heavy atom. The van der Waals surface area contributed by atoms with Crippen LogP contribution in [0.5, 0.6) is 0 Å². The summed E-state index contributed by atoms with van der Waals surface area (Å²) in [5, 5.41) is 4.13. The van der Waals surface area contributed by atoms with E-state index in [1.807, 2.05) is 12.1 Å². The summed E-state index contributed by atoms with van der Waals surface area (Å²) in [6.45, 7) is 3.61. The van der Waals surface area contributed by atoms with Crippen molar-refractivity contribution < 1.29 is 47.0 Å². The zero-order valence-electron chi connectivity index (χ0n) is 6.81. The fraction of sp³-hybridized carbons (Fsp3) is 0. The van der Waals surface area contributed by atoms with Crippen molar-refractivity contribution in [2.24, 2.45) is 0 Å². The molecule has 0 spiro atoms. The minimum Gasteiger partial charge on any atom is -0.386 e. The molecule has 0 atom stereocenters. The maximum Gasteiger partial charge on any atom is 0.0786 e. The summed E-state index contributed by atoms with van der Waals surface area (Å²) in [7, 11) is 0. The number of aromatic nitrogens is 3. The van der Waals surface area contributed by atoms with E-state index in [9.17, 15) is 0 Å². The van der Waals surface area contributed by atoms with E-state index in [0.717, 1.165) is 11.3 Å². The first-order valence-electron chi connectivity index (χ1n) is 3.25. The summed E-state index contributed by atoms with van der Waals surface area (Å²) in [5.74, 6) is 0. The standard InChI is InChI=1S/C8H6N3.Am.Y/c1-2-7-3-4-8-9-5-6-11(8)10-7;;/h2-5H,1H2;;/q-1;;. The summed E-state index contributed by atoms with van der Waals surface area (Å²) in [6.07, 6.45) is 6.12. The third kappa shape index (κ3) is 2.65. The molecule has 0 amide bonds. The smallest absolute Gasteiger partial charge is 0.0786 e.